The molecule has 0 bridgehead atoms. The van der Waals surface area contributed by atoms with Crippen molar-refractivity contribution in [2.75, 3.05) is 52.4 Å². The minimum Gasteiger partial charge on any atom is -0.354 e. The number of nitrogens with one attached hydrogen (secondary N) is 13. The molecule has 4 rings (SSSR count). The van der Waals surface area contributed by atoms with Crippen molar-refractivity contribution < 1.29 is 72.0 Å². The molecule has 101 heavy (non-hydrogen) atoms. The van der Waals surface area contributed by atoms with Crippen LogP contribution in [0.25, 0.3) is 0 Å². The largest absolute Gasteiger partial charge is 0.354 e. The molecular weight excluding hydrogens is 1300 g/mol. The van der Waals surface area contributed by atoms with E-state index in [0.717, 1.165) is 45.4 Å². The Kier molecular flexibility index (Phi) is 29.5. The lowest BCUT2D eigenvalue weighted by molar-refractivity contribution is -0.942. The second kappa shape index (κ2) is 34.6. The normalized spacial score (nSPS) is 21.0. The molecule has 572 valence electrons. The Morgan fingerprint density at radius 1 is 0.426 bits per heavy atom. The molecule has 4 aliphatic rings. The lowest BCUT2D eigenvalue weighted by atomic mass is 9.91. The van der Waals surface area contributed by atoms with Gasteiger partial charge < -0.3 is 78.5 Å². The van der Waals surface area contributed by atoms with E-state index < -0.39 is 139 Å². The molecule has 4 aliphatic heterocycles. The van der Waals surface area contributed by atoms with Crippen molar-refractivity contribution in [3.05, 3.63) is 0 Å². The van der Waals surface area contributed by atoms with Crippen LogP contribution in [0.2, 0.25) is 0 Å². The molecule has 30 nitrogen and oxygen atoms in total. The summed E-state index contributed by atoms with van der Waals surface area (Å²) in [4.78, 5) is 199. The van der Waals surface area contributed by atoms with E-state index in [0.29, 0.717) is 57.2 Å². The standard InChI is InChI=1S/C71H124N16O14/c1-22-68(18,83-61(100)70(20,24-3)77-52(91)47-32-28-40-86(47)45(7)88)58(97)72-35-34-49(89)73-42-50(90)75-63(8,9)54(93)78-66(14,15)57(96)82-71(21,25-4)60(99)81-65(12,13)55(94)79-64(10,11)56(95)80-67(16,17)62(101)87-39-27-26-31-48(87)53(92)76-69(19,23-2)59(98)74-46(41-44(5)6)43-85-38-30-37-84-36-29-33-51(84)85/h44,46-48,51H,22-43H2,1-21H3,(H,72,97)(H,73,89)(H,74,98)(H,75,90)(H,76,92)(H,77,91)(H,78,93)(H,79,94)(H,80,95)(H,81,99)(H,82,96)(H,83,100)/p+1/t46?,47-,48-,51?,68?,69?,70?,71?/m0/s1. The number of carbonyl (C=O) groups excluding carboxylic acids is 14. The topological polar surface area (TPSA) is 397 Å². The van der Waals surface area contributed by atoms with Gasteiger partial charge in [-0.25, -0.2) is 0 Å². The van der Waals surface area contributed by atoms with Crippen LogP contribution < -0.4 is 68.7 Å². The van der Waals surface area contributed by atoms with E-state index in [2.05, 4.69) is 82.5 Å². The van der Waals surface area contributed by atoms with Gasteiger partial charge in [-0.1, -0.05) is 41.5 Å². The van der Waals surface area contributed by atoms with Crippen LogP contribution in [-0.4, -0.2) is 224 Å². The molecule has 4 heterocycles. The van der Waals surface area contributed by atoms with E-state index in [1.807, 2.05) is 6.92 Å². The fourth-order valence-electron chi connectivity index (χ4n) is 13.0. The second-order valence-electron chi connectivity index (χ2n) is 32.2. The first-order chi connectivity index (χ1) is 46.5. The highest BCUT2D eigenvalue weighted by atomic mass is 16.2. The molecule has 0 spiro atoms. The maximum absolute atomic E-state index is 14.6. The molecule has 4 fully saturated rings. The number of nitrogens with zero attached hydrogens (tertiary/aromatic N) is 3. The molecule has 0 aliphatic carbocycles. The third-order valence-corrected chi connectivity index (χ3v) is 20.9. The van der Waals surface area contributed by atoms with Gasteiger partial charge in [-0.05, 0) is 173 Å². The van der Waals surface area contributed by atoms with Gasteiger partial charge in [0.2, 0.25) is 82.7 Å². The van der Waals surface area contributed by atoms with E-state index in [1.54, 1.807) is 27.7 Å². The summed E-state index contributed by atoms with van der Waals surface area (Å²) in [5.74, 6) is -8.32. The Labute approximate surface area is 598 Å². The molecule has 0 aromatic heterocycles. The summed E-state index contributed by atoms with van der Waals surface area (Å²) >= 11 is 0. The van der Waals surface area contributed by atoms with Crippen LogP contribution in [0.15, 0.2) is 0 Å². The smallest absolute Gasteiger partial charge is 0.248 e. The van der Waals surface area contributed by atoms with E-state index >= 15 is 0 Å². The first-order valence-corrected chi connectivity index (χ1v) is 36.5. The zero-order valence-corrected chi connectivity index (χ0v) is 64.5. The predicted molar refractivity (Wildman–Crippen MR) is 380 cm³/mol. The summed E-state index contributed by atoms with van der Waals surface area (Å²) in [7, 11) is 0. The van der Waals surface area contributed by atoms with Gasteiger partial charge in [-0.3, -0.25) is 72.0 Å². The average molecular weight is 1430 g/mol. The van der Waals surface area contributed by atoms with Crippen LogP contribution in [0.4, 0.5) is 0 Å². The van der Waals surface area contributed by atoms with Crippen LogP contribution in [0.5, 0.6) is 0 Å². The molecule has 0 aromatic carbocycles. The average Bonchev–Trinajstić information content (AvgIpc) is 1.30. The van der Waals surface area contributed by atoms with Crippen LogP contribution in [0.1, 0.15) is 235 Å². The molecular formula is C71H125N16O14+. The number of likely N-dealkylation sites (tertiary alicyclic amines) is 2. The highest BCUT2D eigenvalue weighted by Gasteiger charge is 2.49. The highest BCUT2D eigenvalue weighted by Crippen LogP contribution is 2.26. The Hall–Kier alpha value is -7.50. The minimum absolute atomic E-state index is 0.00444. The van der Waals surface area contributed by atoms with Gasteiger partial charge in [-0.2, -0.15) is 0 Å². The summed E-state index contributed by atoms with van der Waals surface area (Å²) in [6.07, 6.45) is 7.66. The van der Waals surface area contributed by atoms with E-state index in [9.17, 15) is 67.1 Å². The van der Waals surface area contributed by atoms with Gasteiger partial charge in [0.25, 0.3) is 0 Å². The van der Waals surface area contributed by atoms with Gasteiger partial charge in [0, 0.05) is 58.9 Å². The molecule has 30 heteroatoms. The Morgan fingerprint density at radius 2 is 0.842 bits per heavy atom. The zero-order chi connectivity index (χ0) is 76.8. The minimum atomic E-state index is -1.72. The second-order valence-corrected chi connectivity index (χ2v) is 32.2. The van der Waals surface area contributed by atoms with E-state index in [4.69, 9.17) is 0 Å². The fourth-order valence-corrected chi connectivity index (χ4v) is 13.0. The summed E-state index contributed by atoms with van der Waals surface area (Å²) in [6.45, 7) is 36.7. The van der Waals surface area contributed by atoms with Gasteiger partial charge in [0.1, 0.15) is 68.1 Å². The summed E-state index contributed by atoms with van der Waals surface area (Å²) in [5, 5.41) is 32.9. The molecule has 7 unspecified atom stereocenters. The monoisotopic (exact) mass is 1430 g/mol. The molecule has 9 atom stereocenters. The maximum Gasteiger partial charge on any atom is 0.248 e. The SMILES string of the molecule is CCC(C)(NC(=O)[C@@H]1CCCN1C(C)=O)C(=O)NC(C)(CC)C(=O)NCCC(=O)NCC(=O)NC(C)(C)C(=O)NC(C)(C)C(=O)NC(C)(CC)C(=O)NC(C)(C)C(=O)NC(C)(C)C(=O)NC(C)(C)C(=O)N1CCCC[C@H]1C(=O)NC(C)(CC)C(=O)NC(CC(C)C)C[NH+]1CCCN2CCCC21. The van der Waals surface area contributed by atoms with Crippen LogP contribution in [0.3, 0.4) is 0 Å². The first-order valence-electron chi connectivity index (χ1n) is 36.5. The van der Waals surface area contributed by atoms with Gasteiger partial charge in [-0.15, -0.1) is 0 Å². The Balaban J connectivity index is 1.28. The van der Waals surface area contributed by atoms with Crippen LogP contribution >= 0.6 is 0 Å². The van der Waals surface area contributed by atoms with Crippen LogP contribution in [0, 0.1) is 5.92 Å². The van der Waals surface area contributed by atoms with Crippen molar-refractivity contribution in [1.82, 2.24) is 78.5 Å². The third-order valence-electron chi connectivity index (χ3n) is 20.9. The highest BCUT2D eigenvalue weighted by molar-refractivity contribution is 6.03. The quantitative estimate of drug-likeness (QED) is 0.0399. The van der Waals surface area contributed by atoms with Crippen molar-refractivity contribution in [3.63, 3.8) is 0 Å². The Bertz CT molecular complexity index is 3080. The van der Waals surface area contributed by atoms with E-state index in [1.165, 1.54) is 118 Å². The number of quaternary nitrogens is 1. The maximum atomic E-state index is 14.6. The number of rotatable bonds is 34. The fraction of sp³-hybridized carbons (Fsp3) is 0.803. The Morgan fingerprint density at radius 3 is 1.37 bits per heavy atom. The molecule has 0 aromatic rings. The lowest BCUT2D eigenvalue weighted by Crippen LogP contribution is -3.19. The third kappa shape index (κ3) is 22.5. The first kappa shape index (κ1) is 85.9. The number of amides is 14. The predicted octanol–water partition coefficient (Wildman–Crippen LogP) is -0.144. The van der Waals surface area contributed by atoms with Gasteiger partial charge >= 0.3 is 0 Å². The number of fused-ring (bicyclic) bond motifs is 1. The molecule has 13 N–H and O–H groups in total. The van der Waals surface area contributed by atoms with Crippen molar-refractivity contribution >= 4 is 82.7 Å². The summed E-state index contributed by atoms with van der Waals surface area (Å²) in [6, 6.07) is -1.76. The van der Waals surface area contributed by atoms with Crippen molar-refractivity contribution in [2.24, 2.45) is 5.92 Å². The zero-order valence-electron chi connectivity index (χ0n) is 64.5. The summed E-state index contributed by atoms with van der Waals surface area (Å²) < 4.78 is 0. The molecule has 14 amide bonds. The number of hydrogen-bond donors (Lipinski definition) is 13. The van der Waals surface area contributed by atoms with E-state index in [-0.39, 0.29) is 56.6 Å². The molecule has 0 radical (unpaired) electrons. The van der Waals surface area contributed by atoms with Crippen molar-refractivity contribution in [2.45, 2.75) is 309 Å². The number of hydrogen-bond acceptors (Lipinski definition) is 15. The van der Waals surface area contributed by atoms with Crippen molar-refractivity contribution in [1.29, 1.82) is 0 Å². The number of carbonyl (C=O) groups is 14. The number of piperidine rings is 1. The van der Waals surface area contributed by atoms with Crippen molar-refractivity contribution in [3.8, 4) is 0 Å². The van der Waals surface area contributed by atoms with Gasteiger partial charge in [0.05, 0.1) is 25.7 Å². The molecule has 4 saturated heterocycles. The summed E-state index contributed by atoms with van der Waals surface area (Å²) in [5.41, 5.74) is -14.3. The van der Waals surface area contributed by atoms with Crippen LogP contribution in [-0.2, 0) is 67.1 Å². The van der Waals surface area contributed by atoms with Gasteiger partial charge in [0.15, 0.2) is 0 Å². The lowest BCUT2D eigenvalue weighted by Gasteiger charge is -2.42. The molecule has 0 saturated carbocycles.